The van der Waals surface area contributed by atoms with E-state index in [4.69, 9.17) is 9.84 Å². The van der Waals surface area contributed by atoms with Gasteiger partial charge in [0.25, 0.3) is 24.7 Å². The van der Waals surface area contributed by atoms with Crippen molar-refractivity contribution in [3.8, 4) is 0 Å². The number of hydrogen-bond donors (Lipinski definition) is 1. The third-order valence-electron chi connectivity index (χ3n) is 5.48. The first kappa shape index (κ1) is 34.1. The Hall–Kier alpha value is -3.96. The lowest BCUT2D eigenvalue weighted by molar-refractivity contribution is 0.0525. The van der Waals surface area contributed by atoms with Gasteiger partial charge in [0.15, 0.2) is 0 Å². The number of carboxylic acids is 1. The third kappa shape index (κ3) is 9.97. The Kier molecular flexibility index (Phi) is 13.8. The van der Waals surface area contributed by atoms with Crippen LogP contribution in [0.2, 0.25) is 0 Å². The van der Waals surface area contributed by atoms with Crippen LogP contribution in [0, 0.1) is 0 Å². The zero-order chi connectivity index (χ0) is 30.6. The first-order chi connectivity index (χ1) is 18.8. The van der Waals surface area contributed by atoms with Crippen LogP contribution in [0.15, 0.2) is 36.4 Å². The summed E-state index contributed by atoms with van der Waals surface area (Å²) in [5.41, 5.74) is -1.16. The number of ether oxygens (including phenoxy) is 1. The number of alkyl halides is 4. The van der Waals surface area contributed by atoms with Gasteiger partial charge in [0, 0.05) is 49.4 Å². The lowest BCUT2D eigenvalue weighted by atomic mass is 10.0. The summed E-state index contributed by atoms with van der Waals surface area (Å²) in [7, 11) is 3.13. The summed E-state index contributed by atoms with van der Waals surface area (Å²) < 4.78 is 56.0. The Morgan fingerprint density at radius 1 is 0.700 bits per heavy atom. The number of carboxylic acid groups (broad SMARTS) is 1. The normalized spacial score (nSPS) is 10.6. The van der Waals surface area contributed by atoms with Crippen molar-refractivity contribution >= 4 is 23.8 Å². The van der Waals surface area contributed by atoms with Crippen LogP contribution in [0.25, 0.3) is 0 Å². The minimum Gasteiger partial charge on any atom is -0.478 e. The minimum absolute atomic E-state index is 0.0360. The zero-order valence-corrected chi connectivity index (χ0v) is 23.0. The molecule has 0 aliphatic heterocycles. The average Bonchev–Trinajstić information content (AvgIpc) is 2.92. The number of benzene rings is 2. The molecule has 12 heteroatoms. The molecule has 0 atom stereocenters. The molecule has 0 fully saturated rings. The lowest BCUT2D eigenvalue weighted by Crippen LogP contribution is -2.27. The molecule has 0 saturated carbocycles. The molecule has 0 radical (unpaired) electrons. The highest BCUT2D eigenvalue weighted by Crippen LogP contribution is 2.24. The van der Waals surface area contributed by atoms with E-state index in [0.29, 0.717) is 13.1 Å². The average molecular weight is 571 g/mol. The molecule has 220 valence electrons. The zero-order valence-electron chi connectivity index (χ0n) is 23.0. The first-order valence-electron chi connectivity index (χ1n) is 12.5. The summed E-state index contributed by atoms with van der Waals surface area (Å²) in [5, 5.41) is 8.87. The minimum atomic E-state index is -2.82. The van der Waals surface area contributed by atoms with Crippen LogP contribution in [0.1, 0.15) is 99.0 Å². The maximum Gasteiger partial charge on any atom is 0.338 e. The number of aromatic carboxylic acids is 1. The smallest absolute Gasteiger partial charge is 0.338 e. The quantitative estimate of drug-likeness (QED) is 0.259. The van der Waals surface area contributed by atoms with Crippen LogP contribution in [-0.2, 0) is 4.74 Å². The van der Waals surface area contributed by atoms with Gasteiger partial charge in [-0.25, -0.2) is 27.2 Å². The predicted molar refractivity (Wildman–Crippen MR) is 140 cm³/mol. The van der Waals surface area contributed by atoms with Crippen molar-refractivity contribution in [3.63, 3.8) is 0 Å². The van der Waals surface area contributed by atoms with Gasteiger partial charge in [-0.15, -0.1) is 0 Å². The number of rotatable bonds is 11. The fraction of sp³-hybridized carbons (Fsp3) is 0.429. The van der Waals surface area contributed by atoms with Gasteiger partial charge < -0.3 is 19.6 Å². The molecule has 2 aromatic rings. The molecule has 0 aliphatic carbocycles. The van der Waals surface area contributed by atoms with Crippen molar-refractivity contribution in [3.05, 3.63) is 69.8 Å². The Morgan fingerprint density at radius 3 is 1.43 bits per heavy atom. The Balaban J connectivity index is 0.000000402. The summed E-state index contributed by atoms with van der Waals surface area (Å²) in [4.78, 5) is 49.5. The van der Waals surface area contributed by atoms with Crippen molar-refractivity contribution in [2.75, 3.05) is 33.8 Å². The summed E-state index contributed by atoms with van der Waals surface area (Å²) in [6, 6.07) is 6.48. The molecule has 1 N–H and O–H groups in total. The van der Waals surface area contributed by atoms with Crippen molar-refractivity contribution in [2.24, 2.45) is 0 Å². The van der Waals surface area contributed by atoms with Gasteiger partial charge in [0.2, 0.25) is 0 Å². The van der Waals surface area contributed by atoms with Crippen LogP contribution in [0.4, 0.5) is 17.6 Å². The second-order valence-electron chi connectivity index (χ2n) is 8.77. The second kappa shape index (κ2) is 16.2. The maximum atomic E-state index is 12.9. The molecule has 0 aliphatic rings. The SMILES string of the molecule is CCCN(C)C(=O)c1cc(C(=O)O)cc(C(F)F)c1.CCCN(C)C(=O)c1cc(C(=O)OCC)cc(C(F)F)c1. The maximum absolute atomic E-state index is 12.9. The summed E-state index contributed by atoms with van der Waals surface area (Å²) in [6.45, 7) is 6.52. The fourth-order valence-corrected chi connectivity index (χ4v) is 3.57. The molecular weight excluding hydrogens is 536 g/mol. The number of carbonyl (C=O) groups is 4. The number of hydrogen-bond acceptors (Lipinski definition) is 5. The molecule has 0 heterocycles. The first-order valence-corrected chi connectivity index (χ1v) is 12.5. The summed E-state index contributed by atoms with van der Waals surface area (Å²) >= 11 is 0. The third-order valence-corrected chi connectivity index (χ3v) is 5.48. The molecule has 0 aromatic heterocycles. The summed E-state index contributed by atoms with van der Waals surface area (Å²) in [6.07, 6.45) is -4.10. The van der Waals surface area contributed by atoms with Crippen molar-refractivity contribution in [1.29, 1.82) is 0 Å². The molecule has 2 amide bonds. The van der Waals surface area contributed by atoms with Crippen LogP contribution in [-0.4, -0.2) is 72.5 Å². The number of amides is 2. The van der Waals surface area contributed by atoms with Gasteiger partial charge in [0.05, 0.1) is 17.7 Å². The second-order valence-corrected chi connectivity index (χ2v) is 8.77. The molecule has 0 spiro atoms. The van der Waals surface area contributed by atoms with Gasteiger partial charge >= 0.3 is 11.9 Å². The van der Waals surface area contributed by atoms with Crippen LogP contribution in [0.5, 0.6) is 0 Å². The van der Waals surface area contributed by atoms with Gasteiger partial charge in [-0.05, 0) is 56.2 Å². The standard InChI is InChI=1S/C15H19F2NO3.C13H15F2NO3/c1-4-6-18(3)14(19)11-7-10(13(16)17)8-12(9-11)15(20)21-5-2;1-3-4-16(2)12(17)9-5-8(11(14)15)6-10(7-9)13(18)19/h7-9,13H,4-6H2,1-3H3;5-7,11H,3-4H2,1-2H3,(H,18,19). The molecule has 0 bridgehead atoms. The highest BCUT2D eigenvalue weighted by Gasteiger charge is 2.20. The number of nitrogens with zero attached hydrogens (tertiary/aromatic N) is 2. The van der Waals surface area contributed by atoms with E-state index in [9.17, 15) is 36.7 Å². The Labute approximate surface area is 230 Å². The van der Waals surface area contributed by atoms with Gasteiger partial charge in [0.1, 0.15) is 0 Å². The number of halogens is 4. The molecule has 8 nitrogen and oxygen atoms in total. The Bertz CT molecular complexity index is 1190. The number of esters is 1. The Morgan fingerprint density at radius 2 is 1.07 bits per heavy atom. The highest BCUT2D eigenvalue weighted by atomic mass is 19.3. The topological polar surface area (TPSA) is 104 Å². The molecule has 0 unspecified atom stereocenters. The van der Waals surface area contributed by atoms with E-state index >= 15 is 0 Å². The van der Waals surface area contributed by atoms with E-state index in [2.05, 4.69) is 0 Å². The molecule has 2 aromatic carbocycles. The van der Waals surface area contributed by atoms with Crippen LogP contribution in [0.3, 0.4) is 0 Å². The van der Waals surface area contributed by atoms with Gasteiger partial charge in [-0.1, -0.05) is 13.8 Å². The van der Waals surface area contributed by atoms with Crippen LogP contribution >= 0.6 is 0 Å². The lowest BCUT2D eigenvalue weighted by Gasteiger charge is -2.17. The van der Waals surface area contributed by atoms with E-state index in [1.54, 1.807) is 21.0 Å². The predicted octanol–water partition coefficient (Wildman–Crippen LogP) is 6.09. The van der Waals surface area contributed by atoms with Crippen molar-refractivity contribution < 1.29 is 46.6 Å². The van der Waals surface area contributed by atoms with Crippen LogP contribution < -0.4 is 0 Å². The fourth-order valence-electron chi connectivity index (χ4n) is 3.57. The molecular formula is C28H34F4N2O6. The van der Waals surface area contributed by atoms with Gasteiger partial charge in [-0.3, -0.25) is 9.59 Å². The van der Waals surface area contributed by atoms with Crippen molar-refractivity contribution in [2.45, 2.75) is 46.5 Å². The van der Waals surface area contributed by atoms with Gasteiger partial charge in [-0.2, -0.15) is 0 Å². The van der Waals surface area contributed by atoms with E-state index in [-0.39, 0.29) is 34.4 Å². The monoisotopic (exact) mass is 570 g/mol. The molecule has 0 saturated heterocycles. The number of carbonyl (C=O) groups excluding carboxylic acids is 3. The van der Waals surface area contributed by atoms with E-state index in [1.165, 1.54) is 15.9 Å². The van der Waals surface area contributed by atoms with E-state index < -0.39 is 42.2 Å². The van der Waals surface area contributed by atoms with E-state index in [1.807, 2.05) is 13.8 Å². The molecule has 40 heavy (non-hydrogen) atoms. The van der Waals surface area contributed by atoms with E-state index in [0.717, 1.165) is 43.2 Å². The summed E-state index contributed by atoms with van der Waals surface area (Å²) in [5.74, 6) is -2.92. The molecule has 2 rings (SSSR count). The largest absolute Gasteiger partial charge is 0.478 e. The highest BCUT2D eigenvalue weighted by molar-refractivity contribution is 5.98. The van der Waals surface area contributed by atoms with Crippen molar-refractivity contribution in [1.82, 2.24) is 9.80 Å².